The Labute approximate surface area is 168 Å². The normalized spacial score (nSPS) is 11.6. The summed E-state index contributed by atoms with van der Waals surface area (Å²) in [5.41, 5.74) is 2.19. The lowest BCUT2D eigenvalue weighted by Crippen LogP contribution is -2.37. The molecule has 1 atom stereocenters. The second-order valence-corrected chi connectivity index (χ2v) is 6.38. The quantitative estimate of drug-likeness (QED) is 0.618. The van der Waals surface area contributed by atoms with Crippen LogP contribution in [0.4, 0.5) is 0 Å². The first-order valence-corrected chi connectivity index (χ1v) is 10.0. The van der Waals surface area contributed by atoms with Crippen molar-refractivity contribution < 1.29 is 19.0 Å². The minimum absolute atomic E-state index is 0.131. The van der Waals surface area contributed by atoms with Gasteiger partial charge in [-0.1, -0.05) is 32.0 Å². The van der Waals surface area contributed by atoms with Crippen molar-refractivity contribution in [1.82, 2.24) is 5.32 Å². The number of hydrogen-bond acceptors (Lipinski definition) is 4. The summed E-state index contributed by atoms with van der Waals surface area (Å²) in [7, 11) is 0. The highest BCUT2D eigenvalue weighted by atomic mass is 16.5. The number of carbonyl (C=O) groups is 1. The van der Waals surface area contributed by atoms with Gasteiger partial charge < -0.3 is 19.5 Å². The van der Waals surface area contributed by atoms with Crippen molar-refractivity contribution in [2.45, 2.75) is 53.2 Å². The maximum atomic E-state index is 12.6. The van der Waals surface area contributed by atoms with Crippen LogP contribution in [0.1, 0.15) is 45.2 Å². The lowest BCUT2D eigenvalue weighted by molar-refractivity contribution is -0.128. The zero-order chi connectivity index (χ0) is 20.4. The molecule has 0 fully saturated rings. The Hall–Kier alpha value is -2.69. The Morgan fingerprint density at radius 2 is 1.54 bits per heavy atom. The standard InChI is InChI=1S/C23H31NO4/c1-5-17-9-12-19(13-10-17)28-20(6-2)23(25)24-16-18-11-14-21(26-7-3)22(15-18)27-8-4/h9-15,20H,5-8,16H2,1-4H3,(H,24,25). The number of rotatable bonds is 11. The number of benzene rings is 2. The van der Waals surface area contributed by atoms with Crippen molar-refractivity contribution in [3.63, 3.8) is 0 Å². The van der Waals surface area contributed by atoms with E-state index in [4.69, 9.17) is 14.2 Å². The number of carbonyl (C=O) groups excluding carboxylic acids is 1. The molecule has 0 saturated heterocycles. The van der Waals surface area contributed by atoms with E-state index in [-0.39, 0.29) is 5.91 Å². The second kappa shape index (κ2) is 11.2. The molecule has 5 nitrogen and oxygen atoms in total. The third-order valence-corrected chi connectivity index (χ3v) is 4.35. The summed E-state index contributed by atoms with van der Waals surface area (Å²) >= 11 is 0. The number of aryl methyl sites for hydroxylation is 1. The minimum atomic E-state index is -0.526. The lowest BCUT2D eigenvalue weighted by Gasteiger charge is -2.18. The molecular weight excluding hydrogens is 354 g/mol. The van der Waals surface area contributed by atoms with Crippen LogP contribution >= 0.6 is 0 Å². The van der Waals surface area contributed by atoms with Crippen LogP contribution in [0.3, 0.4) is 0 Å². The van der Waals surface area contributed by atoms with Gasteiger partial charge in [0, 0.05) is 6.54 Å². The summed E-state index contributed by atoms with van der Waals surface area (Å²) in [6, 6.07) is 13.6. The van der Waals surface area contributed by atoms with E-state index < -0.39 is 6.10 Å². The van der Waals surface area contributed by atoms with Gasteiger partial charge in [-0.2, -0.15) is 0 Å². The van der Waals surface area contributed by atoms with Gasteiger partial charge in [0.1, 0.15) is 5.75 Å². The van der Waals surface area contributed by atoms with Crippen molar-refractivity contribution in [1.29, 1.82) is 0 Å². The molecule has 1 unspecified atom stereocenters. The van der Waals surface area contributed by atoms with Gasteiger partial charge >= 0.3 is 0 Å². The zero-order valence-electron chi connectivity index (χ0n) is 17.3. The first-order chi connectivity index (χ1) is 13.6. The third kappa shape index (κ3) is 6.19. The topological polar surface area (TPSA) is 56.8 Å². The smallest absolute Gasteiger partial charge is 0.261 e. The van der Waals surface area contributed by atoms with Crippen molar-refractivity contribution >= 4 is 5.91 Å². The van der Waals surface area contributed by atoms with Crippen molar-refractivity contribution in [3.05, 3.63) is 53.6 Å². The van der Waals surface area contributed by atoms with Gasteiger partial charge in [-0.25, -0.2) is 0 Å². The minimum Gasteiger partial charge on any atom is -0.490 e. The summed E-state index contributed by atoms with van der Waals surface area (Å²) in [6.07, 6.45) is 1.04. The van der Waals surface area contributed by atoms with Crippen LogP contribution in [-0.4, -0.2) is 25.2 Å². The summed E-state index contributed by atoms with van der Waals surface area (Å²) in [5.74, 6) is 1.98. The largest absolute Gasteiger partial charge is 0.490 e. The van der Waals surface area contributed by atoms with E-state index in [1.165, 1.54) is 5.56 Å². The average Bonchev–Trinajstić information content (AvgIpc) is 2.72. The predicted octanol–water partition coefficient (Wildman–Crippen LogP) is 4.52. The highest BCUT2D eigenvalue weighted by Crippen LogP contribution is 2.28. The fourth-order valence-electron chi connectivity index (χ4n) is 2.80. The number of amides is 1. The molecule has 2 aromatic carbocycles. The molecule has 0 aliphatic carbocycles. The Morgan fingerprint density at radius 1 is 0.893 bits per heavy atom. The van der Waals surface area contributed by atoms with E-state index in [1.807, 2.05) is 63.2 Å². The van der Waals surface area contributed by atoms with Gasteiger partial charge in [-0.3, -0.25) is 4.79 Å². The summed E-state index contributed by atoms with van der Waals surface area (Å²) in [4.78, 5) is 12.6. The van der Waals surface area contributed by atoms with Gasteiger partial charge in [0.2, 0.25) is 0 Å². The molecule has 0 bridgehead atoms. The summed E-state index contributed by atoms with van der Waals surface area (Å²) < 4.78 is 17.1. The number of nitrogens with one attached hydrogen (secondary N) is 1. The number of ether oxygens (including phenoxy) is 3. The van der Waals surface area contributed by atoms with Crippen molar-refractivity contribution in [3.8, 4) is 17.2 Å². The molecule has 0 radical (unpaired) electrons. The molecule has 5 heteroatoms. The highest BCUT2D eigenvalue weighted by molar-refractivity contribution is 5.81. The molecule has 0 aromatic heterocycles. The monoisotopic (exact) mass is 385 g/mol. The lowest BCUT2D eigenvalue weighted by atomic mass is 10.1. The fourth-order valence-corrected chi connectivity index (χ4v) is 2.80. The third-order valence-electron chi connectivity index (χ3n) is 4.35. The molecule has 0 spiro atoms. The first kappa shape index (κ1) is 21.6. The van der Waals surface area contributed by atoms with Crippen LogP contribution in [0.25, 0.3) is 0 Å². The van der Waals surface area contributed by atoms with Crippen LogP contribution in [0.2, 0.25) is 0 Å². The zero-order valence-corrected chi connectivity index (χ0v) is 17.3. The molecule has 2 rings (SSSR count). The Bertz CT molecular complexity index is 743. The number of hydrogen-bond donors (Lipinski definition) is 1. The van der Waals surface area contributed by atoms with Gasteiger partial charge in [0.05, 0.1) is 13.2 Å². The van der Waals surface area contributed by atoms with E-state index in [0.717, 1.165) is 12.0 Å². The van der Waals surface area contributed by atoms with Gasteiger partial charge in [0.25, 0.3) is 5.91 Å². The maximum absolute atomic E-state index is 12.6. The van der Waals surface area contributed by atoms with Crippen LogP contribution < -0.4 is 19.5 Å². The average molecular weight is 386 g/mol. The first-order valence-electron chi connectivity index (χ1n) is 10.0. The maximum Gasteiger partial charge on any atom is 0.261 e. The van der Waals surface area contributed by atoms with Gasteiger partial charge in [-0.15, -0.1) is 0 Å². The molecule has 1 amide bonds. The Balaban J connectivity index is 1.97. The predicted molar refractivity (Wildman–Crippen MR) is 111 cm³/mol. The van der Waals surface area contributed by atoms with Crippen molar-refractivity contribution in [2.24, 2.45) is 0 Å². The van der Waals surface area contributed by atoms with Crippen molar-refractivity contribution in [2.75, 3.05) is 13.2 Å². The SMILES string of the molecule is CCOc1ccc(CNC(=O)C(CC)Oc2ccc(CC)cc2)cc1OCC. The van der Waals surface area contributed by atoms with Crippen LogP contribution in [0.5, 0.6) is 17.2 Å². The van der Waals surface area contributed by atoms with Crippen LogP contribution in [0, 0.1) is 0 Å². The molecule has 152 valence electrons. The van der Waals surface area contributed by atoms with E-state index >= 15 is 0 Å². The van der Waals surface area contributed by atoms with E-state index in [2.05, 4.69) is 12.2 Å². The Kier molecular flexibility index (Phi) is 8.66. The molecular formula is C23H31NO4. The molecule has 1 N–H and O–H groups in total. The molecule has 28 heavy (non-hydrogen) atoms. The summed E-state index contributed by atoms with van der Waals surface area (Å²) in [5, 5.41) is 2.95. The molecule has 2 aromatic rings. The molecule has 0 aliphatic heterocycles. The van der Waals surface area contributed by atoms with E-state index in [1.54, 1.807) is 0 Å². The molecule has 0 saturated carbocycles. The van der Waals surface area contributed by atoms with Crippen LogP contribution in [-0.2, 0) is 17.8 Å². The highest BCUT2D eigenvalue weighted by Gasteiger charge is 2.18. The van der Waals surface area contributed by atoms with E-state index in [0.29, 0.717) is 43.4 Å². The summed E-state index contributed by atoms with van der Waals surface area (Å²) in [6.45, 7) is 9.44. The molecule has 0 heterocycles. The van der Waals surface area contributed by atoms with Gasteiger partial charge in [-0.05, 0) is 62.1 Å². The fraction of sp³-hybridized carbons (Fsp3) is 0.435. The van der Waals surface area contributed by atoms with Crippen LogP contribution in [0.15, 0.2) is 42.5 Å². The van der Waals surface area contributed by atoms with Gasteiger partial charge in [0.15, 0.2) is 17.6 Å². The molecule has 0 aliphatic rings. The Morgan fingerprint density at radius 3 is 2.14 bits per heavy atom. The second-order valence-electron chi connectivity index (χ2n) is 6.38. The van der Waals surface area contributed by atoms with E-state index in [9.17, 15) is 4.79 Å².